The molecule has 17 heavy (non-hydrogen) atoms. The first-order chi connectivity index (χ1) is 8.31. The second-order valence-electron chi connectivity index (χ2n) is 4.89. The van der Waals surface area contributed by atoms with Gasteiger partial charge in [0.1, 0.15) is 6.04 Å². The first-order valence-corrected chi connectivity index (χ1v) is 7.39. The zero-order valence-electron chi connectivity index (χ0n) is 10.4. The highest BCUT2D eigenvalue weighted by Crippen LogP contribution is 2.26. The largest absolute Gasteiger partial charge is 0.295 e. The quantitative estimate of drug-likeness (QED) is 0.823. The summed E-state index contributed by atoms with van der Waals surface area (Å²) >= 11 is 1.69. The maximum atomic E-state index is 9.32. The lowest BCUT2D eigenvalue weighted by atomic mass is 10.1. The number of rotatable bonds is 3. The van der Waals surface area contributed by atoms with Crippen LogP contribution < -0.4 is 5.32 Å². The smallest absolute Gasteiger partial charge is 0.131 e. The van der Waals surface area contributed by atoms with E-state index in [2.05, 4.69) is 29.8 Å². The maximum absolute atomic E-state index is 9.32. The van der Waals surface area contributed by atoms with Gasteiger partial charge in [-0.15, -0.1) is 11.3 Å². The van der Waals surface area contributed by atoms with Crippen LogP contribution in [-0.2, 0) is 0 Å². The van der Waals surface area contributed by atoms with Gasteiger partial charge in [-0.2, -0.15) is 5.26 Å². The third kappa shape index (κ3) is 3.31. The van der Waals surface area contributed by atoms with Crippen LogP contribution >= 0.6 is 11.3 Å². The summed E-state index contributed by atoms with van der Waals surface area (Å²) in [7, 11) is 0. The molecule has 0 radical (unpaired) electrons. The van der Waals surface area contributed by atoms with Crippen LogP contribution in [0.15, 0.2) is 11.4 Å². The van der Waals surface area contributed by atoms with E-state index < -0.39 is 0 Å². The van der Waals surface area contributed by atoms with Crippen molar-refractivity contribution in [3.05, 3.63) is 21.9 Å². The van der Waals surface area contributed by atoms with Gasteiger partial charge in [0.25, 0.3) is 0 Å². The summed E-state index contributed by atoms with van der Waals surface area (Å²) in [6, 6.07) is 4.93. The van der Waals surface area contributed by atoms with E-state index in [1.165, 1.54) is 49.0 Å². The van der Waals surface area contributed by atoms with Gasteiger partial charge in [-0.1, -0.05) is 25.7 Å². The van der Waals surface area contributed by atoms with E-state index in [9.17, 15) is 5.26 Å². The summed E-state index contributed by atoms with van der Waals surface area (Å²) in [5, 5.41) is 14.9. The molecule has 1 aliphatic rings. The molecule has 3 heteroatoms. The molecule has 1 aliphatic carbocycles. The molecule has 0 bridgehead atoms. The third-order valence-electron chi connectivity index (χ3n) is 3.55. The van der Waals surface area contributed by atoms with Gasteiger partial charge in [-0.3, -0.25) is 5.32 Å². The summed E-state index contributed by atoms with van der Waals surface area (Å²) in [4.78, 5) is 1.19. The van der Waals surface area contributed by atoms with Crippen LogP contribution in [0.2, 0.25) is 0 Å². The topological polar surface area (TPSA) is 35.8 Å². The molecule has 0 spiro atoms. The van der Waals surface area contributed by atoms with Crippen molar-refractivity contribution in [2.24, 2.45) is 0 Å². The summed E-state index contributed by atoms with van der Waals surface area (Å²) in [5.74, 6) is 0. The minimum atomic E-state index is -0.113. The Morgan fingerprint density at radius 2 is 2.06 bits per heavy atom. The van der Waals surface area contributed by atoms with E-state index >= 15 is 0 Å². The highest BCUT2D eigenvalue weighted by molar-refractivity contribution is 7.10. The minimum absolute atomic E-state index is 0.113. The normalized spacial score (nSPS) is 19.5. The van der Waals surface area contributed by atoms with E-state index in [4.69, 9.17) is 0 Å². The van der Waals surface area contributed by atoms with E-state index in [1.807, 2.05) is 0 Å². The molecule has 0 amide bonds. The Kier molecular flexibility index (Phi) is 4.58. The minimum Gasteiger partial charge on any atom is -0.295 e. The molecule has 1 N–H and O–H groups in total. The maximum Gasteiger partial charge on any atom is 0.131 e. The van der Waals surface area contributed by atoms with Gasteiger partial charge in [0.15, 0.2) is 0 Å². The molecule has 1 fully saturated rings. The fourth-order valence-corrected chi connectivity index (χ4v) is 3.46. The van der Waals surface area contributed by atoms with Crippen molar-refractivity contribution in [1.82, 2.24) is 5.32 Å². The summed E-state index contributed by atoms with van der Waals surface area (Å²) in [5.41, 5.74) is 1.24. The Balaban J connectivity index is 2.00. The van der Waals surface area contributed by atoms with E-state index in [0.29, 0.717) is 6.04 Å². The summed E-state index contributed by atoms with van der Waals surface area (Å²) in [6.45, 7) is 2.09. The third-order valence-corrected chi connectivity index (χ3v) is 4.63. The number of aryl methyl sites for hydroxylation is 1. The standard InChI is InChI=1S/C14H20N2S/c1-11-8-9-17-14(11)13(10-15)16-12-6-4-2-3-5-7-12/h8-9,12-13,16H,2-7H2,1H3. The van der Waals surface area contributed by atoms with Crippen LogP contribution in [0.4, 0.5) is 0 Å². The number of thiophene rings is 1. The number of nitriles is 1. The van der Waals surface area contributed by atoms with Gasteiger partial charge in [-0.25, -0.2) is 0 Å². The lowest BCUT2D eigenvalue weighted by molar-refractivity contribution is 0.438. The highest BCUT2D eigenvalue weighted by Gasteiger charge is 2.19. The van der Waals surface area contributed by atoms with Crippen molar-refractivity contribution < 1.29 is 0 Å². The Labute approximate surface area is 108 Å². The van der Waals surface area contributed by atoms with Crippen LogP contribution in [0.5, 0.6) is 0 Å². The summed E-state index contributed by atoms with van der Waals surface area (Å²) < 4.78 is 0. The molecule has 2 rings (SSSR count). The zero-order chi connectivity index (χ0) is 12.1. The zero-order valence-corrected chi connectivity index (χ0v) is 11.2. The first-order valence-electron chi connectivity index (χ1n) is 6.51. The second kappa shape index (κ2) is 6.18. The van der Waals surface area contributed by atoms with Crippen LogP contribution in [0.3, 0.4) is 0 Å². The fraction of sp³-hybridized carbons (Fsp3) is 0.643. The van der Waals surface area contributed by atoms with Gasteiger partial charge >= 0.3 is 0 Å². The molecular formula is C14H20N2S. The van der Waals surface area contributed by atoms with Crippen molar-refractivity contribution in [3.8, 4) is 6.07 Å². The van der Waals surface area contributed by atoms with Crippen LogP contribution in [-0.4, -0.2) is 6.04 Å². The van der Waals surface area contributed by atoms with Gasteiger partial charge in [0, 0.05) is 10.9 Å². The molecule has 1 aromatic rings. The Hall–Kier alpha value is -0.850. The van der Waals surface area contributed by atoms with Crippen LogP contribution in [0, 0.1) is 18.3 Å². The van der Waals surface area contributed by atoms with E-state index in [0.717, 1.165) is 0 Å². The molecule has 1 atom stereocenters. The Morgan fingerprint density at radius 3 is 2.59 bits per heavy atom. The fourth-order valence-electron chi connectivity index (χ4n) is 2.53. The summed E-state index contributed by atoms with van der Waals surface area (Å²) in [6.07, 6.45) is 7.77. The predicted molar refractivity (Wildman–Crippen MR) is 72.0 cm³/mol. The molecule has 0 aliphatic heterocycles. The molecule has 1 unspecified atom stereocenters. The van der Waals surface area contributed by atoms with Crippen molar-refractivity contribution in [3.63, 3.8) is 0 Å². The van der Waals surface area contributed by atoms with Crippen molar-refractivity contribution in [1.29, 1.82) is 5.26 Å². The Morgan fingerprint density at radius 1 is 1.35 bits per heavy atom. The monoisotopic (exact) mass is 248 g/mol. The molecule has 92 valence electrons. The molecule has 0 aromatic carbocycles. The van der Waals surface area contributed by atoms with E-state index in [-0.39, 0.29) is 6.04 Å². The number of nitrogens with zero attached hydrogens (tertiary/aromatic N) is 1. The van der Waals surface area contributed by atoms with Crippen molar-refractivity contribution in [2.45, 2.75) is 57.5 Å². The molecule has 1 saturated carbocycles. The van der Waals surface area contributed by atoms with Gasteiger partial charge in [0.2, 0.25) is 0 Å². The lowest BCUT2D eigenvalue weighted by Gasteiger charge is -2.20. The molecule has 0 saturated heterocycles. The number of nitrogens with one attached hydrogen (secondary N) is 1. The van der Waals surface area contributed by atoms with Crippen LogP contribution in [0.1, 0.15) is 55.0 Å². The molecule has 2 nitrogen and oxygen atoms in total. The van der Waals surface area contributed by atoms with Crippen LogP contribution in [0.25, 0.3) is 0 Å². The number of hydrogen-bond acceptors (Lipinski definition) is 3. The van der Waals surface area contributed by atoms with Gasteiger partial charge < -0.3 is 0 Å². The SMILES string of the molecule is Cc1ccsc1C(C#N)NC1CCCCCC1. The molecular weight excluding hydrogens is 228 g/mol. The highest BCUT2D eigenvalue weighted by atomic mass is 32.1. The van der Waals surface area contributed by atoms with Crippen molar-refractivity contribution >= 4 is 11.3 Å². The molecule has 1 heterocycles. The van der Waals surface area contributed by atoms with Gasteiger partial charge in [-0.05, 0) is 36.8 Å². The van der Waals surface area contributed by atoms with E-state index in [1.54, 1.807) is 11.3 Å². The molecule has 1 aromatic heterocycles. The first kappa shape index (κ1) is 12.6. The lowest BCUT2D eigenvalue weighted by Crippen LogP contribution is -2.31. The Bertz CT molecular complexity index is 383. The van der Waals surface area contributed by atoms with Crippen molar-refractivity contribution in [2.75, 3.05) is 0 Å². The predicted octanol–water partition coefficient (Wildman–Crippen LogP) is 3.93. The van der Waals surface area contributed by atoms with Gasteiger partial charge in [0.05, 0.1) is 6.07 Å². The average Bonchev–Trinajstić information content (AvgIpc) is 2.62. The number of hydrogen-bond donors (Lipinski definition) is 1. The average molecular weight is 248 g/mol. The second-order valence-corrected chi connectivity index (χ2v) is 5.83.